The summed E-state index contributed by atoms with van der Waals surface area (Å²) in [5, 5.41) is 22.3. The van der Waals surface area contributed by atoms with Gasteiger partial charge >= 0.3 is 0 Å². The van der Waals surface area contributed by atoms with E-state index >= 15 is 0 Å². The molecule has 0 aromatic carbocycles. The molecule has 0 saturated carbocycles. The molecule has 1 saturated heterocycles. The molecule has 0 bridgehead atoms. The second-order valence-electron chi connectivity index (χ2n) is 7.75. The molecule has 148 valence electrons. The van der Waals surface area contributed by atoms with E-state index in [1.165, 1.54) is 27.7 Å². The van der Waals surface area contributed by atoms with Gasteiger partial charge in [-0.25, -0.2) is 0 Å². The van der Waals surface area contributed by atoms with Crippen LogP contribution >= 0.6 is 22.9 Å². The molecule has 1 amide bonds. The van der Waals surface area contributed by atoms with Gasteiger partial charge in [0.25, 0.3) is 5.91 Å². The molecule has 0 radical (unpaired) electrons. The number of aliphatic hydroxyl groups is 1. The predicted molar refractivity (Wildman–Crippen MR) is 109 cm³/mol. The Morgan fingerprint density at radius 2 is 2.00 bits per heavy atom. The molecule has 7 nitrogen and oxygen atoms in total. The Balaban J connectivity index is 1.57. The predicted octanol–water partition coefficient (Wildman–Crippen LogP) is 3.42. The van der Waals surface area contributed by atoms with Crippen molar-refractivity contribution >= 4 is 28.8 Å². The van der Waals surface area contributed by atoms with Gasteiger partial charge in [-0.1, -0.05) is 0 Å². The molecule has 4 heterocycles. The van der Waals surface area contributed by atoms with Crippen LogP contribution in [0.1, 0.15) is 60.5 Å². The van der Waals surface area contributed by atoms with Crippen LogP contribution in [-0.2, 0) is 5.60 Å². The minimum absolute atomic E-state index is 0.00342. The van der Waals surface area contributed by atoms with Gasteiger partial charge in [0.1, 0.15) is 5.69 Å². The van der Waals surface area contributed by atoms with Gasteiger partial charge in [0.05, 0.1) is 34.1 Å². The number of carbonyl (C=O) groups is 1. The molecule has 3 aromatic rings. The molecule has 9 heteroatoms. The summed E-state index contributed by atoms with van der Waals surface area (Å²) in [5.41, 5.74) is 1.41. The van der Waals surface area contributed by atoms with E-state index in [4.69, 9.17) is 0 Å². The molecule has 1 N–H and O–H groups in total. The van der Waals surface area contributed by atoms with Crippen LogP contribution in [0.3, 0.4) is 0 Å². The Kier molecular flexibility index (Phi) is 5.07. The zero-order valence-electron chi connectivity index (χ0n) is 16.1. The number of likely N-dealkylation sites (tertiary alicyclic amines) is 1. The summed E-state index contributed by atoms with van der Waals surface area (Å²) in [6.45, 7) is 6.25. The van der Waals surface area contributed by atoms with E-state index < -0.39 is 5.60 Å². The fraction of sp³-hybridized carbons (Fsp3) is 0.474. The zero-order valence-corrected chi connectivity index (χ0v) is 17.7. The van der Waals surface area contributed by atoms with E-state index in [1.807, 2.05) is 21.7 Å². The van der Waals surface area contributed by atoms with Gasteiger partial charge < -0.3 is 10.0 Å². The Labute approximate surface area is 171 Å². The molecular formula is C19H23N5O2S2. The SMILES string of the molecule is C[C@@H]1CC[C@@H](c2cc(C(C)(C)O)sn2)CN1C(=O)c1cscc1-n1nccn1. The third kappa shape index (κ3) is 3.61. The maximum atomic E-state index is 13.3. The summed E-state index contributed by atoms with van der Waals surface area (Å²) in [7, 11) is 0. The summed E-state index contributed by atoms with van der Waals surface area (Å²) in [4.78, 5) is 17.6. The van der Waals surface area contributed by atoms with Gasteiger partial charge in [-0.3, -0.25) is 4.79 Å². The summed E-state index contributed by atoms with van der Waals surface area (Å²) < 4.78 is 4.57. The lowest BCUT2D eigenvalue weighted by atomic mass is 9.90. The maximum Gasteiger partial charge on any atom is 0.257 e. The standard InChI is InChI=1S/C19H23N5O2S2/c1-12-4-5-13(15-8-17(28-22-15)19(2,3)26)9-23(12)18(25)14-10-27-11-16(14)24-20-6-7-21-24/h6-8,10-13,26H,4-5,9H2,1-3H3/t12-,13-/m1/s1. The van der Waals surface area contributed by atoms with Crippen LogP contribution in [0.5, 0.6) is 0 Å². The minimum Gasteiger partial charge on any atom is -0.385 e. The van der Waals surface area contributed by atoms with Gasteiger partial charge in [-0.2, -0.15) is 14.6 Å². The van der Waals surface area contributed by atoms with Crippen molar-refractivity contribution in [3.05, 3.63) is 45.4 Å². The lowest BCUT2D eigenvalue weighted by Gasteiger charge is -2.37. The number of piperidine rings is 1. The van der Waals surface area contributed by atoms with Gasteiger partial charge in [-0.15, -0.1) is 16.1 Å². The summed E-state index contributed by atoms with van der Waals surface area (Å²) in [6, 6.07) is 2.15. The van der Waals surface area contributed by atoms with E-state index in [0.29, 0.717) is 17.8 Å². The Morgan fingerprint density at radius 3 is 2.68 bits per heavy atom. The van der Waals surface area contributed by atoms with E-state index in [0.717, 1.165) is 23.4 Å². The molecule has 1 aliphatic rings. The first-order chi connectivity index (χ1) is 13.3. The van der Waals surface area contributed by atoms with Gasteiger partial charge in [0, 0.05) is 29.3 Å². The Morgan fingerprint density at radius 1 is 1.25 bits per heavy atom. The lowest BCUT2D eigenvalue weighted by molar-refractivity contribution is 0.0607. The maximum absolute atomic E-state index is 13.3. The van der Waals surface area contributed by atoms with Crippen molar-refractivity contribution in [1.29, 1.82) is 0 Å². The molecule has 0 aliphatic carbocycles. The number of thiophene rings is 1. The van der Waals surface area contributed by atoms with Crippen LogP contribution in [0.4, 0.5) is 0 Å². The van der Waals surface area contributed by atoms with Crippen LogP contribution in [-0.4, -0.2) is 47.9 Å². The van der Waals surface area contributed by atoms with E-state index in [1.54, 1.807) is 26.2 Å². The highest BCUT2D eigenvalue weighted by molar-refractivity contribution is 7.08. The third-order valence-corrected chi connectivity index (χ3v) is 7.05. The molecule has 0 spiro atoms. The number of carbonyl (C=O) groups excluding carboxylic acids is 1. The lowest BCUT2D eigenvalue weighted by Crippen LogP contribution is -2.45. The molecule has 3 aromatic heterocycles. The molecule has 1 fully saturated rings. The first-order valence-electron chi connectivity index (χ1n) is 9.28. The Bertz CT molecular complexity index is 957. The van der Waals surface area contributed by atoms with Crippen molar-refractivity contribution in [2.75, 3.05) is 6.54 Å². The highest BCUT2D eigenvalue weighted by Crippen LogP contribution is 2.34. The van der Waals surface area contributed by atoms with Gasteiger partial charge in [0.15, 0.2) is 0 Å². The first-order valence-corrected chi connectivity index (χ1v) is 11.0. The number of hydrogen-bond donors (Lipinski definition) is 1. The fourth-order valence-corrected chi connectivity index (χ4v) is 5.08. The number of rotatable bonds is 4. The van der Waals surface area contributed by atoms with Crippen molar-refractivity contribution in [2.24, 2.45) is 0 Å². The van der Waals surface area contributed by atoms with Crippen LogP contribution in [0.2, 0.25) is 0 Å². The highest BCUT2D eigenvalue weighted by Gasteiger charge is 2.33. The number of aromatic nitrogens is 4. The van der Waals surface area contributed by atoms with Crippen molar-refractivity contribution in [2.45, 2.75) is 51.2 Å². The van der Waals surface area contributed by atoms with Gasteiger partial charge in [0.2, 0.25) is 0 Å². The second kappa shape index (κ2) is 7.38. The third-order valence-electron chi connectivity index (χ3n) is 5.20. The zero-order chi connectivity index (χ0) is 19.9. The molecule has 2 atom stereocenters. The van der Waals surface area contributed by atoms with Crippen molar-refractivity contribution in [1.82, 2.24) is 24.3 Å². The molecule has 4 rings (SSSR count). The second-order valence-corrected chi connectivity index (χ2v) is 9.29. The van der Waals surface area contributed by atoms with E-state index in [2.05, 4.69) is 21.5 Å². The largest absolute Gasteiger partial charge is 0.385 e. The molecule has 0 unspecified atom stereocenters. The molecular weight excluding hydrogens is 394 g/mol. The first kappa shape index (κ1) is 19.2. The fourth-order valence-electron chi connectivity index (χ4n) is 3.50. The minimum atomic E-state index is -0.893. The highest BCUT2D eigenvalue weighted by atomic mass is 32.1. The number of amides is 1. The number of nitrogens with zero attached hydrogens (tertiary/aromatic N) is 5. The average Bonchev–Trinajstić information content (AvgIpc) is 3.40. The van der Waals surface area contributed by atoms with Crippen LogP contribution in [0.25, 0.3) is 5.69 Å². The van der Waals surface area contributed by atoms with Crippen LogP contribution in [0, 0.1) is 0 Å². The number of hydrogen-bond acceptors (Lipinski definition) is 7. The van der Waals surface area contributed by atoms with Gasteiger partial charge in [-0.05, 0) is 51.2 Å². The summed E-state index contributed by atoms with van der Waals surface area (Å²) in [5.74, 6) is 0.182. The average molecular weight is 418 g/mol. The normalized spacial score (nSPS) is 20.5. The van der Waals surface area contributed by atoms with Crippen molar-refractivity contribution in [3.8, 4) is 5.69 Å². The Hall–Kier alpha value is -2.10. The van der Waals surface area contributed by atoms with E-state index in [-0.39, 0.29) is 17.9 Å². The summed E-state index contributed by atoms with van der Waals surface area (Å²) in [6.07, 6.45) is 5.12. The quantitative estimate of drug-likeness (QED) is 0.703. The topological polar surface area (TPSA) is 84.1 Å². The molecule has 28 heavy (non-hydrogen) atoms. The monoisotopic (exact) mass is 417 g/mol. The van der Waals surface area contributed by atoms with Crippen LogP contribution < -0.4 is 0 Å². The summed E-state index contributed by atoms with van der Waals surface area (Å²) >= 11 is 2.81. The van der Waals surface area contributed by atoms with Crippen molar-refractivity contribution in [3.63, 3.8) is 0 Å². The molecule has 1 aliphatic heterocycles. The van der Waals surface area contributed by atoms with Crippen molar-refractivity contribution < 1.29 is 9.90 Å². The van der Waals surface area contributed by atoms with Crippen LogP contribution in [0.15, 0.2) is 29.2 Å². The smallest absolute Gasteiger partial charge is 0.257 e. The van der Waals surface area contributed by atoms with E-state index in [9.17, 15) is 9.90 Å².